The number of nitrogens with zero attached hydrogens (tertiary/aromatic N) is 2. The van der Waals surface area contributed by atoms with Crippen LogP contribution in [0.4, 0.5) is 10.1 Å². The van der Waals surface area contributed by atoms with Gasteiger partial charge in [-0.25, -0.2) is 4.39 Å². The van der Waals surface area contributed by atoms with E-state index in [1.165, 1.54) is 6.07 Å². The van der Waals surface area contributed by atoms with E-state index in [0.29, 0.717) is 5.52 Å². The number of hydrogen-bond donors (Lipinski definition) is 1. The van der Waals surface area contributed by atoms with Crippen LogP contribution in [0, 0.1) is 19.7 Å². The van der Waals surface area contributed by atoms with Crippen LogP contribution in [0.2, 0.25) is 0 Å². The molecule has 108 valence electrons. The topological polar surface area (TPSA) is 51.0 Å². The molecule has 0 amide bonds. The number of nitrogens with one attached hydrogen (secondary N) is 1. The molecule has 0 saturated carbocycles. The van der Waals surface area contributed by atoms with Crippen LogP contribution in [0.5, 0.6) is 0 Å². The summed E-state index contributed by atoms with van der Waals surface area (Å²) in [5.74, 6) is 0.471. The molecule has 2 heterocycles. The highest BCUT2D eigenvalue weighted by atomic mass is 19.1. The molecule has 0 spiro atoms. The van der Waals surface area contributed by atoms with Crippen LogP contribution >= 0.6 is 0 Å². The predicted molar refractivity (Wildman–Crippen MR) is 79.7 cm³/mol. The Morgan fingerprint density at radius 3 is 2.76 bits per heavy atom. The van der Waals surface area contributed by atoms with Crippen LogP contribution in [0.1, 0.15) is 30.0 Å². The molecule has 5 heteroatoms. The fourth-order valence-corrected chi connectivity index (χ4v) is 2.68. The first-order valence-electron chi connectivity index (χ1n) is 6.80. The normalized spacial score (nSPS) is 12.6. The minimum Gasteiger partial charge on any atom is -0.378 e. The molecule has 0 aliphatic carbocycles. The van der Waals surface area contributed by atoms with Crippen LogP contribution < -0.4 is 5.32 Å². The van der Waals surface area contributed by atoms with Crippen molar-refractivity contribution in [2.75, 3.05) is 5.32 Å². The van der Waals surface area contributed by atoms with Crippen molar-refractivity contribution in [3.05, 3.63) is 53.3 Å². The molecule has 0 saturated heterocycles. The quantitative estimate of drug-likeness (QED) is 0.785. The molecule has 4 nitrogen and oxygen atoms in total. The van der Waals surface area contributed by atoms with Gasteiger partial charge in [-0.15, -0.1) is 0 Å². The zero-order valence-electron chi connectivity index (χ0n) is 12.1. The number of hydrogen-bond acceptors (Lipinski definition) is 4. The van der Waals surface area contributed by atoms with E-state index in [0.717, 1.165) is 28.1 Å². The van der Waals surface area contributed by atoms with Crippen LogP contribution in [0.3, 0.4) is 0 Å². The van der Waals surface area contributed by atoms with Gasteiger partial charge in [0.05, 0.1) is 11.7 Å². The van der Waals surface area contributed by atoms with E-state index in [2.05, 4.69) is 15.5 Å². The lowest BCUT2D eigenvalue weighted by Gasteiger charge is -2.16. The molecule has 1 aromatic carbocycles. The van der Waals surface area contributed by atoms with Crippen molar-refractivity contribution in [1.82, 2.24) is 10.1 Å². The van der Waals surface area contributed by atoms with Gasteiger partial charge >= 0.3 is 0 Å². The maximum atomic E-state index is 13.8. The smallest absolute Gasteiger partial charge is 0.149 e. The van der Waals surface area contributed by atoms with Crippen molar-refractivity contribution >= 4 is 16.6 Å². The highest BCUT2D eigenvalue weighted by Crippen LogP contribution is 2.29. The van der Waals surface area contributed by atoms with Gasteiger partial charge in [-0.2, -0.15) is 0 Å². The summed E-state index contributed by atoms with van der Waals surface area (Å²) in [4.78, 5) is 4.10. The zero-order chi connectivity index (χ0) is 15.0. The van der Waals surface area contributed by atoms with Gasteiger partial charge in [0.1, 0.15) is 17.1 Å². The number of rotatable bonds is 3. The Kier molecular flexibility index (Phi) is 3.33. The van der Waals surface area contributed by atoms with Crippen molar-refractivity contribution in [2.45, 2.75) is 26.8 Å². The summed E-state index contributed by atoms with van der Waals surface area (Å²) in [7, 11) is 0. The number of halogens is 1. The lowest BCUT2D eigenvalue weighted by molar-refractivity contribution is 0.392. The van der Waals surface area contributed by atoms with Crippen molar-refractivity contribution < 1.29 is 8.91 Å². The summed E-state index contributed by atoms with van der Waals surface area (Å²) in [6.45, 7) is 5.82. The molecular formula is C16H16FN3O. The van der Waals surface area contributed by atoms with Gasteiger partial charge in [0.25, 0.3) is 0 Å². The van der Waals surface area contributed by atoms with Crippen molar-refractivity contribution in [3.63, 3.8) is 0 Å². The van der Waals surface area contributed by atoms with Crippen molar-refractivity contribution in [2.24, 2.45) is 0 Å². The second-order valence-electron chi connectivity index (χ2n) is 5.10. The highest BCUT2D eigenvalue weighted by molar-refractivity contribution is 5.91. The third-order valence-electron chi connectivity index (χ3n) is 3.62. The molecule has 1 atom stereocenters. The molecule has 0 radical (unpaired) electrons. The standard InChI is InChI=1S/C16H16FN3O/c1-9(15-10(2)20-21-11(15)3)19-14-7-8-18-16-12(14)5-4-6-13(16)17/h4-9H,1-3H3,(H,18,19). The Labute approximate surface area is 122 Å². The Morgan fingerprint density at radius 1 is 1.24 bits per heavy atom. The van der Waals surface area contributed by atoms with E-state index in [1.54, 1.807) is 12.3 Å². The Balaban J connectivity index is 2.01. The third kappa shape index (κ3) is 2.35. The lowest BCUT2D eigenvalue weighted by Crippen LogP contribution is -2.09. The maximum absolute atomic E-state index is 13.8. The number of para-hydroxylation sites is 1. The average Bonchev–Trinajstić information content (AvgIpc) is 2.79. The van der Waals surface area contributed by atoms with Gasteiger partial charge in [0.2, 0.25) is 0 Å². The summed E-state index contributed by atoms with van der Waals surface area (Å²) in [6.07, 6.45) is 1.60. The third-order valence-corrected chi connectivity index (χ3v) is 3.62. The molecular weight excluding hydrogens is 269 g/mol. The molecule has 21 heavy (non-hydrogen) atoms. The van der Waals surface area contributed by atoms with E-state index in [1.807, 2.05) is 32.9 Å². The molecule has 2 aromatic heterocycles. The van der Waals surface area contributed by atoms with E-state index < -0.39 is 0 Å². The number of anilines is 1. The van der Waals surface area contributed by atoms with E-state index in [-0.39, 0.29) is 11.9 Å². The first-order chi connectivity index (χ1) is 10.1. The fraction of sp³-hybridized carbons (Fsp3) is 0.250. The van der Waals surface area contributed by atoms with E-state index in [4.69, 9.17) is 4.52 Å². The predicted octanol–water partition coefficient (Wildman–Crippen LogP) is 4.15. The Bertz CT molecular complexity index is 778. The second-order valence-corrected chi connectivity index (χ2v) is 5.10. The fourth-order valence-electron chi connectivity index (χ4n) is 2.68. The summed E-state index contributed by atoms with van der Waals surface area (Å²) in [5.41, 5.74) is 3.09. The minimum atomic E-state index is -0.318. The molecule has 0 aliphatic heterocycles. The molecule has 1 N–H and O–H groups in total. The van der Waals surface area contributed by atoms with Crippen LogP contribution in [0.25, 0.3) is 10.9 Å². The Hall–Kier alpha value is -2.43. The number of aryl methyl sites for hydroxylation is 2. The first-order valence-corrected chi connectivity index (χ1v) is 6.80. The average molecular weight is 285 g/mol. The number of pyridine rings is 1. The molecule has 0 aliphatic rings. The van der Waals surface area contributed by atoms with Crippen LogP contribution in [0.15, 0.2) is 35.0 Å². The second kappa shape index (κ2) is 5.16. The molecule has 3 rings (SSSR count). The Morgan fingerprint density at radius 2 is 2.05 bits per heavy atom. The largest absolute Gasteiger partial charge is 0.378 e. The maximum Gasteiger partial charge on any atom is 0.149 e. The van der Waals surface area contributed by atoms with Crippen molar-refractivity contribution in [1.29, 1.82) is 0 Å². The monoisotopic (exact) mass is 285 g/mol. The van der Waals surface area contributed by atoms with E-state index in [9.17, 15) is 4.39 Å². The van der Waals surface area contributed by atoms with Gasteiger partial charge < -0.3 is 9.84 Å². The van der Waals surface area contributed by atoms with Crippen LogP contribution in [-0.2, 0) is 0 Å². The SMILES string of the molecule is Cc1noc(C)c1C(C)Nc1ccnc2c(F)cccc12. The number of fused-ring (bicyclic) bond motifs is 1. The van der Waals surface area contributed by atoms with Crippen molar-refractivity contribution in [3.8, 4) is 0 Å². The molecule has 0 bridgehead atoms. The summed E-state index contributed by atoms with van der Waals surface area (Å²) in [6, 6.07) is 6.80. The zero-order valence-corrected chi connectivity index (χ0v) is 12.1. The molecule has 1 unspecified atom stereocenters. The van der Waals surface area contributed by atoms with Gasteiger partial charge in [0, 0.05) is 22.8 Å². The molecule has 0 fully saturated rings. The summed E-state index contributed by atoms with van der Waals surface area (Å²) in [5, 5.41) is 8.12. The van der Waals surface area contributed by atoms with Gasteiger partial charge in [0.15, 0.2) is 0 Å². The van der Waals surface area contributed by atoms with Crippen LogP contribution in [-0.4, -0.2) is 10.1 Å². The number of benzene rings is 1. The van der Waals surface area contributed by atoms with E-state index >= 15 is 0 Å². The summed E-state index contributed by atoms with van der Waals surface area (Å²) < 4.78 is 19.0. The van der Waals surface area contributed by atoms with Gasteiger partial charge in [-0.05, 0) is 32.9 Å². The first kappa shape index (κ1) is 13.5. The highest BCUT2D eigenvalue weighted by Gasteiger charge is 2.17. The minimum absolute atomic E-state index is 0.00474. The molecule has 3 aromatic rings. The lowest BCUT2D eigenvalue weighted by atomic mass is 10.1. The van der Waals surface area contributed by atoms with Gasteiger partial charge in [-0.1, -0.05) is 17.3 Å². The number of aromatic nitrogens is 2. The van der Waals surface area contributed by atoms with Gasteiger partial charge in [-0.3, -0.25) is 4.98 Å². The summed E-state index contributed by atoms with van der Waals surface area (Å²) >= 11 is 0.